The van der Waals surface area contributed by atoms with Gasteiger partial charge in [0.25, 0.3) is 17.3 Å². The van der Waals surface area contributed by atoms with Crippen molar-refractivity contribution in [1.82, 2.24) is 0 Å². The number of hydrogen-bond acceptors (Lipinski definition) is 9. The molecule has 0 saturated carbocycles. The molecule has 0 fully saturated rings. The van der Waals surface area contributed by atoms with Gasteiger partial charge in [0.05, 0.1) is 38.4 Å². The number of hydrogen-bond donors (Lipinski definition) is 1. The van der Waals surface area contributed by atoms with Crippen molar-refractivity contribution < 1.29 is 24.3 Å². The Morgan fingerprint density at radius 3 is 2.09 bits per heavy atom. The van der Waals surface area contributed by atoms with E-state index in [9.17, 15) is 29.8 Å². The molecule has 0 unspecified atom stereocenters. The molecule has 0 bridgehead atoms. The third-order valence-electron chi connectivity index (χ3n) is 4.05. The Morgan fingerprint density at radius 2 is 1.52 bits per heavy atom. The largest absolute Gasteiger partial charge is 0.363 e. The molecule has 3 rings (SSSR count). The number of rotatable bonds is 7. The molecule has 0 aliphatic rings. The number of carbonyl (C=O) groups is 2. The van der Waals surface area contributed by atoms with Crippen molar-refractivity contribution in [2.24, 2.45) is 10.2 Å². The number of nitrogens with one attached hydrogen (secondary N) is 1. The van der Waals surface area contributed by atoms with Crippen LogP contribution in [0.25, 0.3) is 0 Å². The van der Waals surface area contributed by atoms with Crippen molar-refractivity contribution in [2.45, 2.75) is 0 Å². The van der Waals surface area contributed by atoms with Crippen LogP contribution in [0.15, 0.2) is 81.4 Å². The lowest BCUT2D eigenvalue weighted by molar-refractivity contribution is -0.394. The number of nitro benzene ring substituents is 2. The number of azo groups is 1. The van der Waals surface area contributed by atoms with Crippen LogP contribution in [0.5, 0.6) is 0 Å². The van der Waals surface area contributed by atoms with Gasteiger partial charge in [-0.25, -0.2) is 10.3 Å². The van der Waals surface area contributed by atoms with Crippen LogP contribution < -0.4 is 5.48 Å². The minimum absolute atomic E-state index is 0.242. The van der Waals surface area contributed by atoms with E-state index in [0.29, 0.717) is 15.7 Å². The summed E-state index contributed by atoms with van der Waals surface area (Å²) in [6, 6.07) is 15.1. The van der Waals surface area contributed by atoms with Gasteiger partial charge in [-0.05, 0) is 52.3 Å². The van der Waals surface area contributed by atoms with E-state index < -0.39 is 33.1 Å². The Kier molecular flexibility index (Phi) is 7.15. The minimum atomic E-state index is -0.994. The van der Waals surface area contributed by atoms with Crippen molar-refractivity contribution in [3.8, 4) is 0 Å². The Morgan fingerprint density at radius 1 is 0.909 bits per heavy atom. The van der Waals surface area contributed by atoms with Crippen molar-refractivity contribution in [3.05, 3.63) is 103 Å². The third-order valence-corrected chi connectivity index (χ3v) is 4.74. The molecule has 0 aliphatic heterocycles. The van der Waals surface area contributed by atoms with Gasteiger partial charge in [-0.3, -0.25) is 25.0 Å². The van der Waals surface area contributed by atoms with Gasteiger partial charge in [0, 0.05) is 16.6 Å². The molecule has 0 spiro atoms. The first kappa shape index (κ1) is 23.1. The number of non-ortho nitro benzene ring substituents is 2. The molecule has 12 nitrogen and oxygen atoms in total. The Labute approximate surface area is 193 Å². The Balaban J connectivity index is 1.66. The van der Waals surface area contributed by atoms with Crippen LogP contribution in [0.4, 0.5) is 22.7 Å². The standard InChI is InChI=1S/C20H12BrN5O7/c21-18-4-2-1-3-17(18)20(28)33-24-14-7-5-13(6-8-14)22-23-19(27)12-9-15(25(29)30)11-16(10-12)26(31)32/h1-11,24H. The number of amides is 1. The Bertz CT molecular complexity index is 1250. The first-order chi connectivity index (χ1) is 15.7. The van der Waals surface area contributed by atoms with E-state index in [0.717, 1.165) is 18.2 Å². The van der Waals surface area contributed by atoms with Gasteiger partial charge < -0.3 is 4.84 Å². The molecule has 33 heavy (non-hydrogen) atoms. The fourth-order valence-electron chi connectivity index (χ4n) is 2.47. The van der Waals surface area contributed by atoms with Crippen LogP contribution in [0.1, 0.15) is 20.7 Å². The van der Waals surface area contributed by atoms with Gasteiger partial charge >= 0.3 is 5.97 Å². The summed E-state index contributed by atoms with van der Waals surface area (Å²) in [6.07, 6.45) is 0. The van der Waals surface area contributed by atoms with Gasteiger partial charge in [-0.1, -0.05) is 12.1 Å². The van der Waals surface area contributed by atoms with E-state index >= 15 is 0 Å². The topological polar surface area (TPSA) is 166 Å². The maximum absolute atomic E-state index is 12.2. The summed E-state index contributed by atoms with van der Waals surface area (Å²) in [5.41, 5.74) is 1.89. The van der Waals surface area contributed by atoms with E-state index in [1.807, 2.05) is 0 Å². The summed E-state index contributed by atoms with van der Waals surface area (Å²) in [5.74, 6) is -1.60. The monoisotopic (exact) mass is 513 g/mol. The smallest absolute Gasteiger partial charge is 0.338 e. The maximum Gasteiger partial charge on any atom is 0.363 e. The zero-order chi connectivity index (χ0) is 24.0. The summed E-state index contributed by atoms with van der Waals surface area (Å²) in [7, 11) is 0. The van der Waals surface area contributed by atoms with Crippen molar-refractivity contribution in [3.63, 3.8) is 0 Å². The highest BCUT2D eigenvalue weighted by Crippen LogP contribution is 2.24. The molecule has 166 valence electrons. The first-order valence-electron chi connectivity index (χ1n) is 8.96. The molecule has 0 aromatic heterocycles. The van der Waals surface area contributed by atoms with Crippen molar-refractivity contribution >= 4 is 50.6 Å². The van der Waals surface area contributed by atoms with Gasteiger partial charge in [0.1, 0.15) is 0 Å². The van der Waals surface area contributed by atoms with Crippen LogP contribution in [-0.4, -0.2) is 21.7 Å². The predicted octanol–water partition coefficient (Wildman–Crippen LogP) is 5.37. The average molecular weight is 514 g/mol. The third kappa shape index (κ3) is 6.01. The highest BCUT2D eigenvalue weighted by atomic mass is 79.9. The lowest BCUT2D eigenvalue weighted by Crippen LogP contribution is -2.11. The molecule has 0 heterocycles. The number of benzene rings is 3. The maximum atomic E-state index is 12.2. The first-order valence-corrected chi connectivity index (χ1v) is 9.75. The minimum Gasteiger partial charge on any atom is -0.338 e. The van der Waals surface area contributed by atoms with Crippen LogP contribution in [0, 0.1) is 20.2 Å². The molecule has 0 saturated heterocycles. The van der Waals surface area contributed by atoms with E-state index in [-0.39, 0.29) is 11.3 Å². The summed E-state index contributed by atoms with van der Waals surface area (Å²) in [4.78, 5) is 49.5. The fourth-order valence-corrected chi connectivity index (χ4v) is 2.92. The van der Waals surface area contributed by atoms with E-state index in [2.05, 4.69) is 31.6 Å². The van der Waals surface area contributed by atoms with Gasteiger partial charge in [-0.15, -0.1) is 10.2 Å². The highest BCUT2D eigenvalue weighted by molar-refractivity contribution is 9.10. The number of anilines is 1. The fraction of sp³-hybridized carbons (Fsp3) is 0. The van der Waals surface area contributed by atoms with Crippen LogP contribution in [-0.2, 0) is 4.84 Å². The molecule has 13 heteroatoms. The molecule has 3 aromatic rings. The number of carbonyl (C=O) groups excluding carboxylic acids is 2. The summed E-state index contributed by atoms with van der Waals surface area (Å²) in [6.45, 7) is 0. The molecule has 1 amide bonds. The Hall–Kier alpha value is -4.52. The SMILES string of the molecule is O=C(N=Nc1ccc(NOC(=O)c2ccccc2Br)cc1)c1cc([N+](=O)[O-])cc([N+](=O)[O-])c1. The van der Waals surface area contributed by atoms with E-state index in [1.54, 1.807) is 24.3 Å². The predicted molar refractivity (Wildman–Crippen MR) is 118 cm³/mol. The van der Waals surface area contributed by atoms with Crippen LogP contribution in [0.2, 0.25) is 0 Å². The second-order valence-corrected chi connectivity index (χ2v) is 7.13. The molecular formula is C20H12BrN5O7. The average Bonchev–Trinajstić information content (AvgIpc) is 2.81. The molecule has 0 aliphatic carbocycles. The van der Waals surface area contributed by atoms with Crippen molar-refractivity contribution in [2.75, 3.05) is 5.48 Å². The molecule has 0 atom stereocenters. The lowest BCUT2D eigenvalue weighted by Gasteiger charge is -2.07. The zero-order valence-electron chi connectivity index (χ0n) is 16.4. The summed E-state index contributed by atoms with van der Waals surface area (Å²) >= 11 is 3.25. The van der Waals surface area contributed by atoms with Crippen molar-refractivity contribution in [1.29, 1.82) is 0 Å². The zero-order valence-corrected chi connectivity index (χ0v) is 18.0. The van der Waals surface area contributed by atoms with Crippen LogP contribution in [0.3, 0.4) is 0 Å². The van der Waals surface area contributed by atoms with E-state index in [1.165, 1.54) is 24.3 Å². The second-order valence-electron chi connectivity index (χ2n) is 6.28. The second kappa shape index (κ2) is 10.2. The van der Waals surface area contributed by atoms with Gasteiger partial charge in [-0.2, -0.15) is 0 Å². The summed E-state index contributed by atoms with van der Waals surface area (Å²) < 4.78 is 0.575. The van der Waals surface area contributed by atoms with Gasteiger partial charge in [0.2, 0.25) is 0 Å². The van der Waals surface area contributed by atoms with Crippen LogP contribution >= 0.6 is 15.9 Å². The number of nitro groups is 2. The normalized spacial score (nSPS) is 10.6. The quantitative estimate of drug-likeness (QED) is 0.249. The highest BCUT2D eigenvalue weighted by Gasteiger charge is 2.19. The summed E-state index contributed by atoms with van der Waals surface area (Å²) in [5, 5.41) is 29.0. The molecular weight excluding hydrogens is 502 g/mol. The van der Waals surface area contributed by atoms with Gasteiger partial charge in [0.15, 0.2) is 0 Å². The molecule has 3 aromatic carbocycles. The molecule has 0 radical (unpaired) electrons. The number of nitrogens with zero attached hydrogens (tertiary/aromatic N) is 4. The van der Waals surface area contributed by atoms with E-state index in [4.69, 9.17) is 4.84 Å². The number of halogens is 1. The molecule has 1 N–H and O–H groups in total. The lowest BCUT2D eigenvalue weighted by atomic mass is 10.1.